The second-order valence-electron chi connectivity index (χ2n) is 24.7. The van der Waals surface area contributed by atoms with E-state index in [2.05, 4.69) is 43.5 Å². The van der Waals surface area contributed by atoms with E-state index in [0.717, 1.165) is 38.5 Å². The number of carbonyl (C=O) groups is 1. The van der Waals surface area contributed by atoms with Crippen molar-refractivity contribution in [3.05, 3.63) is 36.5 Å². The monoisotopic (exact) mass is 1130 g/mol. The van der Waals surface area contributed by atoms with Gasteiger partial charge in [-0.1, -0.05) is 326 Å². The van der Waals surface area contributed by atoms with Crippen LogP contribution in [0.15, 0.2) is 36.5 Å². The van der Waals surface area contributed by atoms with Crippen LogP contribution in [0.25, 0.3) is 0 Å². The molecule has 0 spiro atoms. The fourth-order valence-corrected chi connectivity index (χ4v) is 11.4. The summed E-state index contributed by atoms with van der Waals surface area (Å²) in [7, 11) is 0. The topological polar surface area (TPSA) is 149 Å². The predicted octanol–water partition coefficient (Wildman–Crippen LogP) is 19.0. The van der Waals surface area contributed by atoms with Crippen LogP contribution in [0.1, 0.15) is 354 Å². The number of aliphatic hydroxyl groups excluding tert-OH is 5. The summed E-state index contributed by atoms with van der Waals surface area (Å²) in [5, 5.41) is 54.7. The van der Waals surface area contributed by atoms with Gasteiger partial charge >= 0.3 is 0 Å². The molecule has 9 nitrogen and oxygen atoms in total. The summed E-state index contributed by atoms with van der Waals surface area (Å²) in [5.41, 5.74) is 0. The molecule has 7 unspecified atom stereocenters. The summed E-state index contributed by atoms with van der Waals surface area (Å²) in [6, 6.07) is -0.821. The molecule has 0 aromatic heterocycles. The van der Waals surface area contributed by atoms with Crippen molar-refractivity contribution in [3.8, 4) is 0 Å². The van der Waals surface area contributed by atoms with Crippen molar-refractivity contribution in [1.82, 2.24) is 5.32 Å². The SMILES string of the molecule is CCCCCCCCCC/C=C\CCCCCCCCCCCCCCCCCCCCCCCC(=O)NC(COC1OC(CO)C(O)C(O)C1O)C(O)/C=C/CC/C=C/CCCCCCCCCCCCCCCCCCCC. The lowest BCUT2D eigenvalue weighted by molar-refractivity contribution is -0.302. The van der Waals surface area contributed by atoms with Crippen molar-refractivity contribution in [2.24, 2.45) is 0 Å². The van der Waals surface area contributed by atoms with Crippen molar-refractivity contribution in [3.63, 3.8) is 0 Å². The van der Waals surface area contributed by atoms with E-state index < -0.39 is 49.5 Å². The quantitative estimate of drug-likeness (QED) is 0.0261. The maximum atomic E-state index is 13.1. The molecular weight excluding hydrogens is 995 g/mol. The zero-order valence-corrected chi connectivity index (χ0v) is 52.9. The zero-order valence-electron chi connectivity index (χ0n) is 52.9. The highest BCUT2D eigenvalue weighted by Crippen LogP contribution is 2.23. The Balaban J connectivity index is 2.12. The van der Waals surface area contributed by atoms with Crippen molar-refractivity contribution < 1.29 is 39.8 Å². The Morgan fingerprint density at radius 3 is 1.05 bits per heavy atom. The van der Waals surface area contributed by atoms with Gasteiger partial charge in [-0.25, -0.2) is 0 Å². The minimum Gasteiger partial charge on any atom is -0.394 e. The van der Waals surface area contributed by atoms with Crippen LogP contribution in [-0.4, -0.2) is 87.5 Å². The first-order valence-corrected chi connectivity index (χ1v) is 35.2. The molecule has 0 aromatic carbocycles. The number of rotatable bonds is 62. The molecule has 7 atom stereocenters. The van der Waals surface area contributed by atoms with Crippen LogP contribution in [0.3, 0.4) is 0 Å². The molecule has 1 heterocycles. The first-order valence-electron chi connectivity index (χ1n) is 35.2. The number of allylic oxidation sites excluding steroid dienone is 5. The van der Waals surface area contributed by atoms with E-state index in [-0.39, 0.29) is 12.5 Å². The van der Waals surface area contributed by atoms with E-state index in [1.165, 1.54) is 295 Å². The summed E-state index contributed by atoms with van der Waals surface area (Å²) in [5.74, 6) is -0.179. The molecule has 1 aliphatic rings. The van der Waals surface area contributed by atoms with Gasteiger partial charge in [-0.15, -0.1) is 0 Å². The minimum absolute atomic E-state index is 0.179. The maximum Gasteiger partial charge on any atom is 0.220 e. The number of hydrogen-bond acceptors (Lipinski definition) is 8. The van der Waals surface area contributed by atoms with Gasteiger partial charge in [-0.3, -0.25) is 4.79 Å². The molecule has 1 aliphatic heterocycles. The third kappa shape index (κ3) is 48.7. The van der Waals surface area contributed by atoms with Gasteiger partial charge in [-0.2, -0.15) is 0 Å². The highest BCUT2D eigenvalue weighted by Gasteiger charge is 2.44. The fraction of sp³-hybridized carbons (Fsp3) is 0.901. The number of carbonyl (C=O) groups excluding carboxylic acids is 1. The normalized spacial score (nSPS) is 18.6. The second-order valence-corrected chi connectivity index (χ2v) is 24.7. The Hall–Kier alpha value is -1.59. The Labute approximate surface area is 495 Å². The molecular formula is C71H135NO8. The second kappa shape index (κ2) is 60.5. The van der Waals surface area contributed by atoms with Gasteiger partial charge in [0.2, 0.25) is 5.91 Å². The van der Waals surface area contributed by atoms with E-state index in [4.69, 9.17) is 9.47 Å². The number of aliphatic hydroxyl groups is 5. The summed E-state index contributed by atoms with van der Waals surface area (Å²) < 4.78 is 11.3. The van der Waals surface area contributed by atoms with Gasteiger partial charge in [-0.05, 0) is 57.8 Å². The molecule has 0 aromatic rings. The molecule has 0 radical (unpaired) electrons. The van der Waals surface area contributed by atoms with E-state index in [0.29, 0.717) is 6.42 Å². The summed E-state index contributed by atoms with van der Waals surface area (Å²) >= 11 is 0. The van der Waals surface area contributed by atoms with E-state index in [1.54, 1.807) is 6.08 Å². The molecule has 1 amide bonds. The van der Waals surface area contributed by atoms with Crippen molar-refractivity contribution in [2.45, 2.75) is 397 Å². The van der Waals surface area contributed by atoms with Crippen LogP contribution in [0.4, 0.5) is 0 Å². The average molecular weight is 1130 g/mol. The zero-order chi connectivity index (χ0) is 57.9. The molecule has 0 aliphatic carbocycles. The third-order valence-corrected chi connectivity index (χ3v) is 16.9. The third-order valence-electron chi connectivity index (χ3n) is 16.9. The molecule has 1 rings (SSSR count). The maximum absolute atomic E-state index is 13.1. The Morgan fingerprint density at radius 1 is 0.412 bits per heavy atom. The Bertz CT molecular complexity index is 1360. The van der Waals surface area contributed by atoms with Gasteiger partial charge < -0.3 is 40.3 Å². The first-order chi connectivity index (χ1) is 39.3. The van der Waals surface area contributed by atoms with Crippen LogP contribution >= 0.6 is 0 Å². The van der Waals surface area contributed by atoms with Crippen LogP contribution < -0.4 is 5.32 Å². The average Bonchev–Trinajstić information content (AvgIpc) is 3.46. The first kappa shape index (κ1) is 76.4. The number of amides is 1. The van der Waals surface area contributed by atoms with Crippen molar-refractivity contribution in [1.29, 1.82) is 0 Å². The van der Waals surface area contributed by atoms with Gasteiger partial charge in [0.1, 0.15) is 24.4 Å². The molecule has 0 saturated carbocycles. The van der Waals surface area contributed by atoms with Crippen LogP contribution in [0.5, 0.6) is 0 Å². The highest BCUT2D eigenvalue weighted by molar-refractivity contribution is 5.76. The van der Waals surface area contributed by atoms with Crippen LogP contribution in [0.2, 0.25) is 0 Å². The number of nitrogens with one attached hydrogen (secondary N) is 1. The van der Waals surface area contributed by atoms with Crippen LogP contribution in [0, 0.1) is 0 Å². The molecule has 80 heavy (non-hydrogen) atoms. The lowest BCUT2D eigenvalue weighted by Gasteiger charge is -2.40. The summed E-state index contributed by atoms with van der Waals surface area (Å²) in [4.78, 5) is 13.1. The van der Waals surface area contributed by atoms with E-state index in [9.17, 15) is 30.3 Å². The van der Waals surface area contributed by atoms with E-state index in [1.807, 2.05) is 6.08 Å². The highest BCUT2D eigenvalue weighted by atomic mass is 16.7. The van der Waals surface area contributed by atoms with Crippen molar-refractivity contribution >= 4 is 5.91 Å². The summed E-state index contributed by atoms with van der Waals surface area (Å²) in [6.45, 7) is 3.82. The van der Waals surface area contributed by atoms with E-state index >= 15 is 0 Å². The van der Waals surface area contributed by atoms with Gasteiger partial charge in [0.05, 0.1) is 25.4 Å². The number of ether oxygens (including phenoxy) is 2. The largest absolute Gasteiger partial charge is 0.394 e. The minimum atomic E-state index is -1.57. The lowest BCUT2D eigenvalue weighted by atomic mass is 9.99. The van der Waals surface area contributed by atoms with Gasteiger partial charge in [0, 0.05) is 6.42 Å². The lowest BCUT2D eigenvalue weighted by Crippen LogP contribution is -2.60. The van der Waals surface area contributed by atoms with Gasteiger partial charge in [0.25, 0.3) is 0 Å². The molecule has 9 heteroatoms. The molecule has 6 N–H and O–H groups in total. The smallest absolute Gasteiger partial charge is 0.220 e. The van der Waals surface area contributed by atoms with Crippen LogP contribution in [-0.2, 0) is 14.3 Å². The van der Waals surface area contributed by atoms with Crippen molar-refractivity contribution in [2.75, 3.05) is 13.2 Å². The van der Waals surface area contributed by atoms with Gasteiger partial charge in [0.15, 0.2) is 6.29 Å². The fourth-order valence-electron chi connectivity index (χ4n) is 11.4. The molecule has 1 saturated heterocycles. The number of unbranched alkanes of at least 4 members (excludes halogenated alkanes) is 48. The molecule has 472 valence electrons. The Kier molecular flexibility index (Phi) is 57.8. The Morgan fingerprint density at radius 2 is 0.713 bits per heavy atom. The standard InChI is InChI=1S/C71H135NO8/c1-3-5-7-9-11-13-15-17-19-21-23-25-27-29-30-31-32-33-34-35-36-37-39-41-43-45-47-49-51-53-55-57-59-61-67(75)72-64(63-79-71-70(78)69(77)68(76)66(62-73)80-71)65(74)60-58-56-54-52-50-48-46-44-42-40-38-28-26-24-22-20-18-16-14-12-10-8-6-4-2/h21,23,50,52,58,60,64-66,68-71,73-74,76-78H,3-20,22,24-49,51,53-57,59,61-63H2,1-2H3,(H,72,75)/b23-21-,52-50+,60-58+. The molecule has 1 fully saturated rings. The summed E-state index contributed by atoms with van der Waals surface area (Å²) in [6.07, 6.45) is 74.0. The predicted molar refractivity (Wildman–Crippen MR) is 341 cm³/mol. The number of hydrogen-bond donors (Lipinski definition) is 6. The molecule has 0 bridgehead atoms.